The summed E-state index contributed by atoms with van der Waals surface area (Å²) in [5.74, 6) is -0.0431. The molecule has 2 amide bonds. The topological polar surface area (TPSA) is 58.6 Å². The van der Waals surface area contributed by atoms with Crippen LogP contribution in [0.2, 0.25) is 0 Å². The van der Waals surface area contributed by atoms with Crippen molar-refractivity contribution in [3.63, 3.8) is 0 Å². The van der Waals surface area contributed by atoms with E-state index in [1.54, 1.807) is 4.90 Å². The van der Waals surface area contributed by atoms with Gasteiger partial charge < -0.3 is 15.0 Å². The first-order valence-corrected chi connectivity index (χ1v) is 7.41. The fourth-order valence-corrected chi connectivity index (χ4v) is 2.93. The number of hydrogen-bond acceptors (Lipinski definition) is 3. The van der Waals surface area contributed by atoms with E-state index in [2.05, 4.69) is 5.32 Å². The van der Waals surface area contributed by atoms with E-state index in [9.17, 15) is 9.59 Å². The third-order valence-corrected chi connectivity index (χ3v) is 4.04. The highest BCUT2D eigenvalue weighted by molar-refractivity contribution is 5.94. The molecule has 1 saturated heterocycles. The molecule has 1 N–H and O–H groups in total. The molecule has 0 aromatic rings. The maximum absolute atomic E-state index is 11.8. The Labute approximate surface area is 114 Å². The molecular weight excluding hydrogens is 244 g/mol. The summed E-state index contributed by atoms with van der Waals surface area (Å²) in [5.41, 5.74) is 0. The third kappa shape index (κ3) is 3.69. The van der Waals surface area contributed by atoms with Gasteiger partial charge in [-0.05, 0) is 19.3 Å². The third-order valence-electron chi connectivity index (χ3n) is 4.04. The van der Waals surface area contributed by atoms with Crippen molar-refractivity contribution in [1.82, 2.24) is 10.2 Å². The van der Waals surface area contributed by atoms with Crippen molar-refractivity contribution < 1.29 is 14.3 Å². The van der Waals surface area contributed by atoms with E-state index in [0.29, 0.717) is 25.7 Å². The molecule has 2 aliphatic rings. The number of carbonyl (C=O) groups is 2. The molecule has 108 valence electrons. The normalized spacial score (nSPS) is 25.5. The minimum Gasteiger partial charge on any atom is -0.376 e. The highest BCUT2D eigenvalue weighted by atomic mass is 16.5. The molecule has 1 heterocycles. The fourth-order valence-electron chi connectivity index (χ4n) is 2.93. The van der Waals surface area contributed by atoms with Crippen molar-refractivity contribution in [2.75, 3.05) is 19.7 Å². The molecule has 0 spiro atoms. The number of piperazine rings is 1. The lowest BCUT2D eigenvalue weighted by molar-refractivity contribution is -0.146. The van der Waals surface area contributed by atoms with Gasteiger partial charge in [-0.2, -0.15) is 0 Å². The molecule has 0 radical (unpaired) electrons. The summed E-state index contributed by atoms with van der Waals surface area (Å²) >= 11 is 0. The molecule has 0 aromatic heterocycles. The van der Waals surface area contributed by atoms with Crippen molar-refractivity contribution in [3.05, 3.63) is 0 Å². The SMILES string of the molecule is CCC1C(=O)NCC(=O)N1CCOC1CCCCC1. The Hall–Kier alpha value is -1.10. The van der Waals surface area contributed by atoms with Crippen LogP contribution in [0.4, 0.5) is 0 Å². The molecule has 1 aliphatic heterocycles. The summed E-state index contributed by atoms with van der Waals surface area (Å²) in [6, 6.07) is -0.323. The van der Waals surface area contributed by atoms with Crippen LogP contribution in [0.3, 0.4) is 0 Å². The maximum atomic E-state index is 11.8. The van der Waals surface area contributed by atoms with Gasteiger partial charge in [-0.25, -0.2) is 0 Å². The predicted molar refractivity (Wildman–Crippen MR) is 71.6 cm³/mol. The first kappa shape index (κ1) is 14.3. The molecule has 1 unspecified atom stereocenters. The molecule has 5 heteroatoms. The average molecular weight is 268 g/mol. The predicted octanol–water partition coefficient (Wildman–Crippen LogP) is 1.07. The molecule has 0 bridgehead atoms. The van der Waals surface area contributed by atoms with Gasteiger partial charge in [-0.1, -0.05) is 26.2 Å². The molecule has 1 aliphatic carbocycles. The lowest BCUT2D eigenvalue weighted by Crippen LogP contribution is -2.58. The first-order valence-electron chi connectivity index (χ1n) is 7.41. The zero-order chi connectivity index (χ0) is 13.7. The summed E-state index contributed by atoms with van der Waals surface area (Å²) < 4.78 is 5.84. The Morgan fingerprint density at radius 1 is 1.26 bits per heavy atom. The monoisotopic (exact) mass is 268 g/mol. The van der Waals surface area contributed by atoms with E-state index in [-0.39, 0.29) is 24.4 Å². The van der Waals surface area contributed by atoms with Gasteiger partial charge in [0.1, 0.15) is 6.04 Å². The van der Waals surface area contributed by atoms with Crippen LogP contribution >= 0.6 is 0 Å². The summed E-state index contributed by atoms with van der Waals surface area (Å²) in [5, 5.41) is 2.63. The van der Waals surface area contributed by atoms with Crippen LogP contribution in [0, 0.1) is 0 Å². The van der Waals surface area contributed by atoms with Crippen LogP contribution in [0.1, 0.15) is 45.4 Å². The van der Waals surface area contributed by atoms with E-state index in [4.69, 9.17) is 4.74 Å². The van der Waals surface area contributed by atoms with E-state index in [1.165, 1.54) is 19.3 Å². The van der Waals surface area contributed by atoms with Crippen LogP contribution in [-0.4, -0.2) is 48.6 Å². The first-order chi connectivity index (χ1) is 9.22. The smallest absolute Gasteiger partial charge is 0.243 e. The minimum atomic E-state index is -0.323. The van der Waals surface area contributed by atoms with E-state index in [0.717, 1.165) is 12.8 Å². The number of nitrogens with zero attached hydrogens (tertiary/aromatic N) is 1. The molecule has 2 fully saturated rings. The largest absolute Gasteiger partial charge is 0.376 e. The Balaban J connectivity index is 1.78. The Morgan fingerprint density at radius 3 is 2.68 bits per heavy atom. The van der Waals surface area contributed by atoms with Gasteiger partial charge >= 0.3 is 0 Å². The standard InChI is InChI=1S/C14H24N2O3/c1-2-12-14(18)15-10-13(17)16(12)8-9-19-11-6-4-3-5-7-11/h11-12H,2-10H2,1H3,(H,15,18). The molecule has 0 aromatic carbocycles. The highest BCUT2D eigenvalue weighted by Crippen LogP contribution is 2.20. The second-order valence-electron chi connectivity index (χ2n) is 5.36. The van der Waals surface area contributed by atoms with Crippen molar-refractivity contribution in [2.45, 2.75) is 57.6 Å². The second kappa shape index (κ2) is 6.89. The van der Waals surface area contributed by atoms with Gasteiger partial charge in [-0.3, -0.25) is 9.59 Å². The lowest BCUT2D eigenvalue weighted by Gasteiger charge is -2.34. The van der Waals surface area contributed by atoms with E-state index < -0.39 is 0 Å². The second-order valence-corrected chi connectivity index (χ2v) is 5.36. The minimum absolute atomic E-state index is 0.00121. The summed E-state index contributed by atoms with van der Waals surface area (Å²) in [6.45, 7) is 3.12. The number of carbonyl (C=O) groups excluding carboxylic acids is 2. The number of amides is 2. The van der Waals surface area contributed by atoms with Gasteiger partial charge in [-0.15, -0.1) is 0 Å². The average Bonchev–Trinajstić information content (AvgIpc) is 2.44. The van der Waals surface area contributed by atoms with Gasteiger partial charge in [0.2, 0.25) is 11.8 Å². The number of ether oxygens (including phenoxy) is 1. The zero-order valence-electron chi connectivity index (χ0n) is 11.7. The number of hydrogen-bond donors (Lipinski definition) is 1. The fraction of sp³-hybridized carbons (Fsp3) is 0.857. The van der Waals surface area contributed by atoms with Gasteiger partial charge in [0.25, 0.3) is 0 Å². The molecule has 19 heavy (non-hydrogen) atoms. The van der Waals surface area contributed by atoms with Gasteiger partial charge in [0.05, 0.1) is 19.3 Å². The molecule has 1 atom stereocenters. The van der Waals surface area contributed by atoms with Crippen molar-refractivity contribution >= 4 is 11.8 Å². The van der Waals surface area contributed by atoms with E-state index >= 15 is 0 Å². The molecule has 5 nitrogen and oxygen atoms in total. The van der Waals surface area contributed by atoms with Crippen molar-refractivity contribution in [2.24, 2.45) is 0 Å². The van der Waals surface area contributed by atoms with Crippen LogP contribution in [0.15, 0.2) is 0 Å². The molecular formula is C14H24N2O3. The van der Waals surface area contributed by atoms with Crippen molar-refractivity contribution in [1.29, 1.82) is 0 Å². The Morgan fingerprint density at radius 2 is 2.00 bits per heavy atom. The zero-order valence-corrected chi connectivity index (χ0v) is 11.7. The van der Waals surface area contributed by atoms with Crippen LogP contribution < -0.4 is 5.32 Å². The van der Waals surface area contributed by atoms with E-state index in [1.807, 2.05) is 6.92 Å². The number of rotatable bonds is 5. The number of nitrogens with one attached hydrogen (secondary N) is 1. The summed E-state index contributed by atoms with van der Waals surface area (Å²) in [7, 11) is 0. The summed E-state index contributed by atoms with van der Waals surface area (Å²) in [4.78, 5) is 25.2. The maximum Gasteiger partial charge on any atom is 0.243 e. The summed E-state index contributed by atoms with van der Waals surface area (Å²) in [6.07, 6.45) is 7.06. The van der Waals surface area contributed by atoms with Crippen LogP contribution in [-0.2, 0) is 14.3 Å². The molecule has 1 saturated carbocycles. The highest BCUT2D eigenvalue weighted by Gasteiger charge is 2.32. The Bertz CT molecular complexity index is 327. The van der Waals surface area contributed by atoms with Crippen LogP contribution in [0.25, 0.3) is 0 Å². The lowest BCUT2D eigenvalue weighted by atomic mass is 9.98. The molecule has 2 rings (SSSR count). The Kier molecular flexibility index (Phi) is 5.19. The van der Waals surface area contributed by atoms with Gasteiger partial charge in [0.15, 0.2) is 0 Å². The quantitative estimate of drug-likeness (QED) is 0.811. The van der Waals surface area contributed by atoms with Crippen molar-refractivity contribution in [3.8, 4) is 0 Å². The van der Waals surface area contributed by atoms with Crippen LogP contribution in [0.5, 0.6) is 0 Å². The van der Waals surface area contributed by atoms with Gasteiger partial charge in [0, 0.05) is 6.54 Å².